The molecule has 0 aliphatic rings. The third kappa shape index (κ3) is 60.3. The summed E-state index contributed by atoms with van der Waals surface area (Å²) in [6.45, 7) is 6.82. The van der Waals surface area contributed by atoms with Gasteiger partial charge in [0.2, 0.25) is 5.91 Å². The summed E-state index contributed by atoms with van der Waals surface area (Å²) in [5, 5.41) is 3.03. The lowest BCUT2D eigenvalue weighted by atomic mass is 10.0. The molecule has 468 valence electrons. The number of ether oxygens (including phenoxy) is 1. The summed E-state index contributed by atoms with van der Waals surface area (Å²) in [5.74, 6) is -0.595. The normalized spacial score (nSPS) is 13.9. The van der Waals surface area contributed by atoms with Gasteiger partial charge in [-0.15, -0.1) is 0 Å². The Morgan fingerprint density at radius 1 is 0.438 bits per heavy atom. The Balaban J connectivity index is 5.12. The van der Waals surface area contributed by atoms with E-state index in [-0.39, 0.29) is 18.9 Å². The molecule has 0 saturated carbocycles. The minimum atomic E-state index is -4.71. The van der Waals surface area contributed by atoms with Crippen LogP contribution in [0.15, 0.2) is 60.8 Å². The van der Waals surface area contributed by atoms with Gasteiger partial charge in [0.05, 0.1) is 33.8 Å². The van der Waals surface area contributed by atoms with Gasteiger partial charge in [0.1, 0.15) is 19.3 Å². The first kappa shape index (κ1) is 77.7. The first-order valence-electron chi connectivity index (χ1n) is 34.1. The standard InChI is InChI=1S/C70H131N2O7P/c1-7-10-13-16-19-22-25-28-30-32-33-34-35-36-37-38-39-41-42-44-47-50-53-56-59-62-69(73)71-67(66-78-80(75,76)77-65-64-72(4,5)6)68(61-58-55-52-49-46-27-24-21-18-15-12-9-3)79-70(74)63-60-57-54-51-48-45-43-40-31-29-26-23-20-17-14-11-8-2/h20,23,29,31,43,45,51,54,58,61,67-68H,7-19,21-22,24-28,30,32-42,44,46-50,52-53,55-57,59-60,62-66H2,1-6H3,(H-,71,73,75,76)/b23-20-,31-29-,45-43-,54-51-,61-58-. The molecule has 0 aliphatic heterocycles. The highest BCUT2D eigenvalue weighted by molar-refractivity contribution is 7.45. The number of phosphoric acid groups is 1. The lowest BCUT2D eigenvalue weighted by molar-refractivity contribution is -0.870. The zero-order valence-corrected chi connectivity index (χ0v) is 54.4. The number of nitrogens with zero attached hydrogens (tertiary/aromatic N) is 1. The maximum absolute atomic E-state index is 13.6. The predicted octanol–water partition coefficient (Wildman–Crippen LogP) is 20.8. The average molecular weight is 1140 g/mol. The Labute approximate surface area is 496 Å². The Hall–Kier alpha value is -2.29. The third-order valence-corrected chi connectivity index (χ3v) is 16.2. The molecule has 0 radical (unpaired) electrons. The fourth-order valence-corrected chi connectivity index (χ4v) is 10.7. The maximum Gasteiger partial charge on any atom is 0.306 e. The lowest BCUT2D eigenvalue weighted by Gasteiger charge is -2.30. The van der Waals surface area contributed by atoms with Gasteiger partial charge >= 0.3 is 5.97 Å². The van der Waals surface area contributed by atoms with Crippen molar-refractivity contribution in [3.05, 3.63) is 60.8 Å². The molecule has 0 aliphatic carbocycles. The molecule has 0 rings (SSSR count). The molecule has 80 heavy (non-hydrogen) atoms. The van der Waals surface area contributed by atoms with Gasteiger partial charge in [-0.2, -0.15) is 0 Å². The van der Waals surface area contributed by atoms with Crippen molar-refractivity contribution in [1.29, 1.82) is 0 Å². The fraction of sp³-hybridized carbons (Fsp3) is 0.829. The van der Waals surface area contributed by atoms with E-state index in [1.807, 2.05) is 33.3 Å². The van der Waals surface area contributed by atoms with E-state index in [0.29, 0.717) is 23.9 Å². The van der Waals surface area contributed by atoms with E-state index in [0.717, 1.165) is 64.2 Å². The van der Waals surface area contributed by atoms with Crippen LogP contribution in [-0.4, -0.2) is 69.4 Å². The van der Waals surface area contributed by atoms with Gasteiger partial charge in [0, 0.05) is 12.8 Å². The van der Waals surface area contributed by atoms with E-state index >= 15 is 0 Å². The zero-order valence-electron chi connectivity index (χ0n) is 53.5. The zero-order chi connectivity index (χ0) is 58.6. The minimum Gasteiger partial charge on any atom is -0.756 e. The highest BCUT2D eigenvalue weighted by Crippen LogP contribution is 2.38. The van der Waals surface area contributed by atoms with Gasteiger partial charge in [0.15, 0.2) is 0 Å². The molecule has 0 bridgehead atoms. The smallest absolute Gasteiger partial charge is 0.306 e. The van der Waals surface area contributed by atoms with Crippen LogP contribution < -0.4 is 10.2 Å². The van der Waals surface area contributed by atoms with Crippen LogP contribution in [0.4, 0.5) is 0 Å². The fourth-order valence-electron chi connectivity index (χ4n) is 9.93. The molecule has 3 atom stereocenters. The van der Waals surface area contributed by atoms with Crippen LogP contribution in [0.1, 0.15) is 323 Å². The number of allylic oxidation sites excluding steroid dienone is 9. The number of hydrogen-bond donors (Lipinski definition) is 1. The number of nitrogens with one attached hydrogen (secondary N) is 1. The van der Waals surface area contributed by atoms with Crippen molar-refractivity contribution in [3.63, 3.8) is 0 Å². The van der Waals surface area contributed by atoms with Crippen LogP contribution in [0.3, 0.4) is 0 Å². The number of phosphoric ester groups is 1. The maximum atomic E-state index is 13.6. The molecule has 0 aromatic heterocycles. The van der Waals surface area contributed by atoms with E-state index in [4.69, 9.17) is 13.8 Å². The number of likely N-dealkylation sites (N-methyl/N-ethyl adjacent to an activating group) is 1. The largest absolute Gasteiger partial charge is 0.756 e. The summed E-state index contributed by atoms with van der Waals surface area (Å²) in [6, 6.07) is -0.910. The van der Waals surface area contributed by atoms with Crippen molar-refractivity contribution >= 4 is 19.7 Å². The van der Waals surface area contributed by atoms with Crippen LogP contribution in [0.25, 0.3) is 0 Å². The van der Waals surface area contributed by atoms with Crippen LogP contribution in [-0.2, 0) is 27.9 Å². The average Bonchev–Trinajstić information content (AvgIpc) is 3.42. The molecule has 0 spiro atoms. The molecule has 0 heterocycles. The molecular formula is C70H131N2O7P. The van der Waals surface area contributed by atoms with Crippen molar-refractivity contribution < 1.29 is 37.3 Å². The second-order valence-electron chi connectivity index (χ2n) is 24.3. The Bertz CT molecular complexity index is 1550. The van der Waals surface area contributed by atoms with Gasteiger partial charge < -0.3 is 28.5 Å². The number of unbranched alkanes of at least 4 members (excludes halogenated alkanes) is 38. The molecule has 0 fully saturated rings. The van der Waals surface area contributed by atoms with E-state index in [2.05, 4.69) is 74.7 Å². The van der Waals surface area contributed by atoms with Crippen molar-refractivity contribution in [2.45, 2.75) is 335 Å². The van der Waals surface area contributed by atoms with E-state index in [9.17, 15) is 19.0 Å². The molecule has 0 saturated heterocycles. The molecule has 9 nitrogen and oxygen atoms in total. The SMILES string of the molecule is CCCCC/C=C\C/C=C\C/C=C\C/C=C\CCCC(=O)OC(/C=C\CCCCCCCCCCCC)C(COP(=O)([O-])OCC[N+](C)(C)C)NC(=O)CCCCCCCCCCCCCCCCCCCCCCCCCCC. The van der Waals surface area contributed by atoms with Crippen LogP contribution in [0.2, 0.25) is 0 Å². The summed E-state index contributed by atoms with van der Waals surface area (Å²) < 4.78 is 30.3. The summed E-state index contributed by atoms with van der Waals surface area (Å²) in [7, 11) is 1.16. The Kier molecular flexibility index (Phi) is 58.1. The monoisotopic (exact) mass is 1140 g/mol. The van der Waals surface area contributed by atoms with Crippen LogP contribution in [0, 0.1) is 0 Å². The highest BCUT2D eigenvalue weighted by Gasteiger charge is 2.27. The lowest BCUT2D eigenvalue weighted by Crippen LogP contribution is -2.47. The topological polar surface area (TPSA) is 114 Å². The minimum absolute atomic E-state index is 0.0303. The van der Waals surface area contributed by atoms with Crippen LogP contribution in [0.5, 0.6) is 0 Å². The van der Waals surface area contributed by atoms with Gasteiger partial charge in [-0.25, -0.2) is 0 Å². The number of carbonyl (C=O) groups excluding carboxylic acids is 2. The van der Waals surface area contributed by atoms with E-state index < -0.39 is 32.5 Å². The van der Waals surface area contributed by atoms with Crippen molar-refractivity contribution in [3.8, 4) is 0 Å². The Morgan fingerprint density at radius 3 is 1.19 bits per heavy atom. The van der Waals surface area contributed by atoms with Gasteiger partial charge in [0.25, 0.3) is 7.82 Å². The summed E-state index contributed by atoms with van der Waals surface area (Å²) in [6.07, 6.45) is 76.4. The molecule has 1 amide bonds. The quantitative estimate of drug-likeness (QED) is 0.0212. The van der Waals surface area contributed by atoms with Gasteiger partial charge in [-0.05, 0) is 70.3 Å². The summed E-state index contributed by atoms with van der Waals surface area (Å²) in [5.41, 5.74) is 0. The predicted molar refractivity (Wildman–Crippen MR) is 344 cm³/mol. The molecule has 10 heteroatoms. The number of rotatable bonds is 62. The second kappa shape index (κ2) is 59.9. The number of quaternary nitrogens is 1. The van der Waals surface area contributed by atoms with Crippen molar-refractivity contribution in [2.24, 2.45) is 0 Å². The first-order valence-corrected chi connectivity index (χ1v) is 35.6. The molecule has 1 N–H and O–H groups in total. The van der Waals surface area contributed by atoms with Crippen molar-refractivity contribution in [2.75, 3.05) is 40.9 Å². The van der Waals surface area contributed by atoms with Crippen molar-refractivity contribution in [1.82, 2.24) is 5.32 Å². The molecule has 0 aromatic rings. The second-order valence-corrected chi connectivity index (χ2v) is 25.7. The highest BCUT2D eigenvalue weighted by atomic mass is 31.2. The Morgan fingerprint density at radius 2 is 0.775 bits per heavy atom. The van der Waals surface area contributed by atoms with Crippen LogP contribution >= 0.6 is 7.82 Å². The molecule has 0 aromatic carbocycles. The first-order chi connectivity index (χ1) is 38.9. The third-order valence-electron chi connectivity index (χ3n) is 15.2. The number of esters is 1. The number of carbonyl (C=O) groups is 2. The number of amides is 1. The van der Waals surface area contributed by atoms with Gasteiger partial charge in [-0.1, -0.05) is 300 Å². The molecule has 3 unspecified atom stereocenters. The van der Waals surface area contributed by atoms with E-state index in [1.54, 1.807) is 0 Å². The van der Waals surface area contributed by atoms with Gasteiger partial charge in [-0.3, -0.25) is 14.2 Å². The number of hydrogen-bond acceptors (Lipinski definition) is 7. The molecular weight excluding hydrogens is 1010 g/mol. The summed E-state index contributed by atoms with van der Waals surface area (Å²) in [4.78, 5) is 40.1. The summed E-state index contributed by atoms with van der Waals surface area (Å²) >= 11 is 0. The van der Waals surface area contributed by atoms with E-state index in [1.165, 1.54) is 218 Å².